The fraction of sp³-hybridized carbons (Fsp3) is 0.462. The van der Waals surface area contributed by atoms with Crippen molar-refractivity contribution < 1.29 is 0 Å². The fourth-order valence-electron chi connectivity index (χ4n) is 2.21. The first-order chi connectivity index (χ1) is 8.69. The van der Waals surface area contributed by atoms with Crippen LogP contribution in [0.5, 0.6) is 0 Å². The van der Waals surface area contributed by atoms with Gasteiger partial charge in [0.25, 0.3) is 0 Å². The molecular weight excluding hydrogens is 248 g/mol. The molecule has 0 spiro atoms. The van der Waals surface area contributed by atoms with Gasteiger partial charge in [-0.1, -0.05) is 17.7 Å². The number of hydrogen-bond acceptors (Lipinski definition) is 2. The molecule has 1 atom stereocenters. The first-order valence-electron chi connectivity index (χ1n) is 6.26. The summed E-state index contributed by atoms with van der Waals surface area (Å²) in [5.41, 5.74) is 6.94. The molecule has 1 aliphatic heterocycles. The molecule has 1 saturated heterocycles. The van der Waals surface area contributed by atoms with E-state index >= 15 is 0 Å². The maximum atomic E-state index is 6.00. The van der Waals surface area contributed by atoms with E-state index in [0.717, 1.165) is 30.2 Å². The van der Waals surface area contributed by atoms with Gasteiger partial charge < -0.3 is 16.0 Å². The Hall–Kier alpha value is -1.42. The molecule has 3 N–H and O–H groups in total. The molecule has 1 fully saturated rings. The summed E-state index contributed by atoms with van der Waals surface area (Å²) in [4.78, 5) is 6.45. The second-order valence-corrected chi connectivity index (χ2v) is 4.85. The minimum absolute atomic E-state index is 0.360. The van der Waals surface area contributed by atoms with Gasteiger partial charge in [-0.25, -0.2) is 0 Å². The Balaban J connectivity index is 1.94. The van der Waals surface area contributed by atoms with Gasteiger partial charge in [0.2, 0.25) is 0 Å². The lowest BCUT2D eigenvalue weighted by Crippen LogP contribution is -2.41. The molecule has 4 nitrogen and oxygen atoms in total. The van der Waals surface area contributed by atoms with E-state index in [1.165, 1.54) is 0 Å². The van der Waals surface area contributed by atoms with Gasteiger partial charge in [-0.2, -0.15) is 0 Å². The summed E-state index contributed by atoms with van der Waals surface area (Å²) in [6.07, 6.45) is 1.06. The monoisotopic (exact) mass is 266 g/mol. The third kappa shape index (κ3) is 3.29. The van der Waals surface area contributed by atoms with E-state index in [1.807, 2.05) is 25.1 Å². The van der Waals surface area contributed by atoms with Crippen LogP contribution >= 0.6 is 11.6 Å². The molecule has 5 heteroatoms. The Bertz CT molecular complexity index is 433. The zero-order valence-electron chi connectivity index (χ0n) is 10.6. The molecule has 0 saturated carbocycles. The topological polar surface area (TPSA) is 53.6 Å². The van der Waals surface area contributed by atoms with Gasteiger partial charge >= 0.3 is 0 Å². The lowest BCUT2D eigenvalue weighted by Gasteiger charge is -2.19. The number of rotatable bonds is 3. The van der Waals surface area contributed by atoms with E-state index < -0.39 is 0 Å². The van der Waals surface area contributed by atoms with E-state index in [9.17, 15) is 0 Å². The summed E-state index contributed by atoms with van der Waals surface area (Å²) in [6, 6.07) is 8.30. The van der Waals surface area contributed by atoms with E-state index in [0.29, 0.717) is 18.5 Å². The molecule has 1 aromatic rings. The predicted molar refractivity (Wildman–Crippen MR) is 77.4 cm³/mol. The van der Waals surface area contributed by atoms with Gasteiger partial charge in [0.15, 0.2) is 5.96 Å². The molecule has 1 aliphatic rings. The van der Waals surface area contributed by atoms with Crippen molar-refractivity contribution in [3.63, 3.8) is 0 Å². The highest BCUT2D eigenvalue weighted by atomic mass is 35.5. The number of nitrogens with two attached hydrogens (primary N) is 1. The Labute approximate surface area is 113 Å². The van der Waals surface area contributed by atoms with E-state index in [4.69, 9.17) is 17.3 Å². The predicted octanol–water partition coefficient (Wildman–Crippen LogP) is 1.84. The quantitative estimate of drug-likeness (QED) is 0.648. The van der Waals surface area contributed by atoms with Crippen LogP contribution in [-0.2, 0) is 0 Å². The van der Waals surface area contributed by atoms with Crippen LogP contribution in [0.1, 0.15) is 13.3 Å². The molecule has 2 rings (SSSR count). The second kappa shape index (κ2) is 5.96. The van der Waals surface area contributed by atoms with Crippen molar-refractivity contribution >= 4 is 23.2 Å². The second-order valence-electron chi connectivity index (χ2n) is 4.42. The van der Waals surface area contributed by atoms with Crippen molar-refractivity contribution in [2.75, 3.05) is 24.5 Å². The van der Waals surface area contributed by atoms with Crippen LogP contribution in [-0.4, -0.2) is 31.6 Å². The third-order valence-corrected chi connectivity index (χ3v) is 3.28. The molecule has 1 aromatic carbocycles. The summed E-state index contributed by atoms with van der Waals surface area (Å²) in [6.45, 7) is 4.63. The SMILES string of the molecule is CCN=C(N)NC1CCN(c2cccc(Cl)c2)C1. The average Bonchev–Trinajstić information content (AvgIpc) is 2.78. The summed E-state index contributed by atoms with van der Waals surface area (Å²) in [7, 11) is 0. The average molecular weight is 267 g/mol. The Morgan fingerprint density at radius 1 is 1.61 bits per heavy atom. The number of nitrogens with zero attached hydrogens (tertiary/aromatic N) is 2. The molecule has 1 heterocycles. The van der Waals surface area contributed by atoms with Crippen LogP contribution in [0.3, 0.4) is 0 Å². The number of anilines is 1. The highest BCUT2D eigenvalue weighted by molar-refractivity contribution is 6.30. The minimum atomic E-state index is 0.360. The lowest BCUT2D eigenvalue weighted by atomic mass is 10.3. The highest BCUT2D eigenvalue weighted by Gasteiger charge is 2.22. The van der Waals surface area contributed by atoms with Crippen molar-refractivity contribution in [1.29, 1.82) is 0 Å². The zero-order valence-corrected chi connectivity index (χ0v) is 11.3. The van der Waals surface area contributed by atoms with Crippen molar-refractivity contribution in [3.05, 3.63) is 29.3 Å². The van der Waals surface area contributed by atoms with E-state index in [-0.39, 0.29) is 0 Å². The zero-order chi connectivity index (χ0) is 13.0. The first-order valence-corrected chi connectivity index (χ1v) is 6.64. The molecule has 0 aromatic heterocycles. The van der Waals surface area contributed by atoms with Crippen LogP contribution in [0.15, 0.2) is 29.3 Å². The van der Waals surface area contributed by atoms with E-state index in [1.54, 1.807) is 0 Å². The molecule has 18 heavy (non-hydrogen) atoms. The van der Waals surface area contributed by atoms with Crippen molar-refractivity contribution in [3.8, 4) is 0 Å². The molecule has 98 valence electrons. The molecular formula is C13H19ClN4. The third-order valence-electron chi connectivity index (χ3n) is 3.04. The standard InChI is InChI=1S/C13H19ClN4/c1-2-16-13(15)17-11-6-7-18(9-11)12-5-3-4-10(14)8-12/h3-5,8,11H,2,6-7,9H2,1H3,(H3,15,16,17). The maximum Gasteiger partial charge on any atom is 0.188 e. The number of halogens is 1. The number of benzene rings is 1. The molecule has 0 aliphatic carbocycles. The van der Waals surface area contributed by atoms with Crippen LogP contribution in [0, 0.1) is 0 Å². The smallest absolute Gasteiger partial charge is 0.188 e. The lowest BCUT2D eigenvalue weighted by molar-refractivity contribution is 0.664. The van der Waals surface area contributed by atoms with Gasteiger partial charge in [-0.3, -0.25) is 4.99 Å². The number of guanidine groups is 1. The Morgan fingerprint density at radius 3 is 3.17 bits per heavy atom. The first kappa shape index (κ1) is 13.0. The largest absolute Gasteiger partial charge is 0.370 e. The van der Waals surface area contributed by atoms with Gasteiger partial charge in [0.1, 0.15) is 0 Å². The van der Waals surface area contributed by atoms with Crippen LogP contribution in [0.2, 0.25) is 5.02 Å². The highest BCUT2D eigenvalue weighted by Crippen LogP contribution is 2.23. The minimum Gasteiger partial charge on any atom is -0.370 e. The summed E-state index contributed by atoms with van der Waals surface area (Å²) >= 11 is 6.00. The number of aliphatic imine (C=N–C) groups is 1. The molecule has 0 radical (unpaired) electrons. The summed E-state index contributed by atoms with van der Waals surface area (Å²) in [5, 5.41) is 4.02. The summed E-state index contributed by atoms with van der Waals surface area (Å²) in [5.74, 6) is 0.537. The van der Waals surface area contributed by atoms with Crippen molar-refractivity contribution in [1.82, 2.24) is 5.32 Å². The Kier molecular flexibility index (Phi) is 4.31. The van der Waals surface area contributed by atoms with Crippen LogP contribution in [0.4, 0.5) is 5.69 Å². The van der Waals surface area contributed by atoms with Gasteiger partial charge in [0.05, 0.1) is 0 Å². The molecule has 0 amide bonds. The van der Waals surface area contributed by atoms with Gasteiger partial charge in [0, 0.05) is 36.4 Å². The van der Waals surface area contributed by atoms with E-state index in [2.05, 4.69) is 21.3 Å². The number of nitrogens with one attached hydrogen (secondary N) is 1. The molecule has 0 bridgehead atoms. The normalized spacial score (nSPS) is 20.2. The molecule has 1 unspecified atom stereocenters. The fourth-order valence-corrected chi connectivity index (χ4v) is 2.40. The number of hydrogen-bond donors (Lipinski definition) is 2. The van der Waals surface area contributed by atoms with Gasteiger partial charge in [-0.15, -0.1) is 0 Å². The van der Waals surface area contributed by atoms with Crippen molar-refractivity contribution in [2.24, 2.45) is 10.7 Å². The van der Waals surface area contributed by atoms with Crippen molar-refractivity contribution in [2.45, 2.75) is 19.4 Å². The van der Waals surface area contributed by atoms with Gasteiger partial charge in [-0.05, 0) is 31.5 Å². The summed E-state index contributed by atoms with van der Waals surface area (Å²) < 4.78 is 0. The maximum absolute atomic E-state index is 6.00. The Morgan fingerprint density at radius 2 is 2.44 bits per heavy atom. The van der Waals surface area contributed by atoms with Crippen LogP contribution in [0.25, 0.3) is 0 Å². The van der Waals surface area contributed by atoms with Crippen LogP contribution < -0.4 is 16.0 Å².